The Kier molecular flexibility index (Phi) is 2.95. The van der Waals surface area contributed by atoms with Crippen molar-refractivity contribution in [3.63, 3.8) is 0 Å². The molecule has 0 atom stereocenters. The van der Waals surface area contributed by atoms with Crippen molar-refractivity contribution in [1.29, 1.82) is 0 Å². The van der Waals surface area contributed by atoms with Crippen molar-refractivity contribution >= 4 is 11.6 Å². The summed E-state index contributed by atoms with van der Waals surface area (Å²) in [5.41, 5.74) is 2.15. The summed E-state index contributed by atoms with van der Waals surface area (Å²) < 4.78 is 5.18. The summed E-state index contributed by atoms with van der Waals surface area (Å²) in [7, 11) is 1.65. The Balaban J connectivity index is 2.39. The van der Waals surface area contributed by atoms with Gasteiger partial charge in [-0.1, -0.05) is 6.58 Å². The van der Waals surface area contributed by atoms with Crippen LogP contribution in [0.1, 0.15) is 12.0 Å². The van der Waals surface area contributed by atoms with Crippen LogP contribution in [0.5, 0.6) is 5.75 Å². The van der Waals surface area contributed by atoms with Gasteiger partial charge in [-0.15, -0.1) is 0 Å². The molecular weight excluding hydrogens is 202 g/mol. The number of anilines is 1. The van der Waals surface area contributed by atoms with E-state index in [0.717, 1.165) is 30.8 Å². The lowest BCUT2D eigenvalue weighted by atomic mass is 10.0. The van der Waals surface area contributed by atoms with E-state index in [2.05, 4.69) is 6.58 Å². The van der Waals surface area contributed by atoms with Gasteiger partial charge in [-0.2, -0.15) is 0 Å². The second kappa shape index (κ2) is 4.39. The van der Waals surface area contributed by atoms with Crippen molar-refractivity contribution in [2.75, 3.05) is 18.6 Å². The van der Waals surface area contributed by atoms with Crippen LogP contribution in [0.15, 0.2) is 30.9 Å². The predicted molar refractivity (Wildman–Crippen MR) is 63.9 cm³/mol. The Morgan fingerprint density at radius 3 is 3.06 bits per heavy atom. The Morgan fingerprint density at radius 1 is 1.56 bits per heavy atom. The summed E-state index contributed by atoms with van der Waals surface area (Å²) in [6.07, 6.45) is 3.34. The molecule has 0 fully saturated rings. The zero-order valence-electron chi connectivity index (χ0n) is 9.40. The predicted octanol–water partition coefficient (Wildman–Crippen LogP) is 2.16. The Morgan fingerprint density at radius 2 is 2.38 bits per heavy atom. The first kappa shape index (κ1) is 10.7. The van der Waals surface area contributed by atoms with E-state index in [1.807, 2.05) is 18.2 Å². The first-order valence-corrected chi connectivity index (χ1v) is 5.37. The minimum absolute atomic E-state index is 0.0360. The molecule has 84 valence electrons. The van der Waals surface area contributed by atoms with E-state index in [0.29, 0.717) is 0 Å². The highest BCUT2D eigenvalue weighted by Crippen LogP contribution is 2.30. The third kappa shape index (κ3) is 1.81. The van der Waals surface area contributed by atoms with Crippen molar-refractivity contribution in [2.24, 2.45) is 0 Å². The molecule has 1 aliphatic heterocycles. The Labute approximate surface area is 95.3 Å². The number of fused-ring (bicyclic) bond motifs is 1. The van der Waals surface area contributed by atoms with Crippen LogP contribution in [0.3, 0.4) is 0 Å². The number of amides is 1. The van der Waals surface area contributed by atoms with Crippen LogP contribution in [0.2, 0.25) is 0 Å². The minimum Gasteiger partial charge on any atom is -0.497 e. The van der Waals surface area contributed by atoms with E-state index in [4.69, 9.17) is 4.74 Å². The number of nitrogens with zero attached hydrogens (tertiary/aromatic N) is 1. The fourth-order valence-corrected chi connectivity index (χ4v) is 2.04. The van der Waals surface area contributed by atoms with Gasteiger partial charge >= 0.3 is 0 Å². The molecule has 0 bridgehead atoms. The summed E-state index contributed by atoms with van der Waals surface area (Å²) in [4.78, 5) is 13.4. The van der Waals surface area contributed by atoms with Crippen molar-refractivity contribution in [1.82, 2.24) is 0 Å². The second-order valence-corrected chi connectivity index (χ2v) is 3.79. The van der Waals surface area contributed by atoms with Crippen LogP contribution in [0.25, 0.3) is 0 Å². The van der Waals surface area contributed by atoms with E-state index >= 15 is 0 Å². The minimum atomic E-state index is -0.0360. The topological polar surface area (TPSA) is 29.5 Å². The average Bonchev–Trinajstić information content (AvgIpc) is 2.36. The lowest BCUT2D eigenvalue weighted by molar-refractivity contribution is -0.114. The van der Waals surface area contributed by atoms with Gasteiger partial charge in [-0.25, -0.2) is 0 Å². The smallest absolute Gasteiger partial charge is 0.250 e. The molecule has 3 heteroatoms. The molecule has 0 aliphatic carbocycles. The SMILES string of the molecule is C=CC(=O)N1CCCc2cc(OC)ccc21. The molecule has 0 N–H and O–H groups in total. The molecule has 0 aromatic heterocycles. The Hall–Kier alpha value is -1.77. The van der Waals surface area contributed by atoms with Gasteiger partial charge in [-0.3, -0.25) is 4.79 Å². The molecule has 0 saturated carbocycles. The summed E-state index contributed by atoms with van der Waals surface area (Å²) in [5.74, 6) is 0.803. The lowest BCUT2D eigenvalue weighted by Gasteiger charge is -2.28. The molecule has 0 spiro atoms. The number of carbonyl (C=O) groups is 1. The molecule has 1 aromatic rings. The lowest BCUT2D eigenvalue weighted by Crippen LogP contribution is -2.34. The van der Waals surface area contributed by atoms with Crippen LogP contribution in [0.4, 0.5) is 5.69 Å². The van der Waals surface area contributed by atoms with Gasteiger partial charge in [0.25, 0.3) is 0 Å². The standard InChI is InChI=1S/C13H15NO2/c1-3-13(15)14-8-4-5-10-9-11(16-2)6-7-12(10)14/h3,6-7,9H,1,4-5,8H2,2H3. The van der Waals surface area contributed by atoms with Gasteiger partial charge < -0.3 is 9.64 Å². The quantitative estimate of drug-likeness (QED) is 0.710. The third-order valence-corrected chi connectivity index (χ3v) is 2.85. The molecule has 1 amide bonds. The van der Waals surface area contributed by atoms with Crippen LogP contribution in [-0.2, 0) is 11.2 Å². The summed E-state index contributed by atoms with van der Waals surface area (Å²) in [5, 5.41) is 0. The summed E-state index contributed by atoms with van der Waals surface area (Å²) >= 11 is 0. The third-order valence-electron chi connectivity index (χ3n) is 2.85. The van der Waals surface area contributed by atoms with E-state index in [-0.39, 0.29) is 5.91 Å². The van der Waals surface area contributed by atoms with Gasteiger partial charge in [-0.05, 0) is 42.7 Å². The van der Waals surface area contributed by atoms with Gasteiger partial charge in [0.15, 0.2) is 0 Å². The zero-order valence-corrected chi connectivity index (χ0v) is 9.40. The molecule has 1 heterocycles. The molecule has 16 heavy (non-hydrogen) atoms. The van der Waals surface area contributed by atoms with E-state index < -0.39 is 0 Å². The van der Waals surface area contributed by atoms with Gasteiger partial charge in [0, 0.05) is 12.2 Å². The van der Waals surface area contributed by atoms with E-state index in [1.165, 1.54) is 11.6 Å². The van der Waals surface area contributed by atoms with E-state index in [9.17, 15) is 4.79 Å². The number of methoxy groups -OCH3 is 1. The molecule has 3 nitrogen and oxygen atoms in total. The van der Waals surface area contributed by atoms with Crippen molar-refractivity contribution in [3.05, 3.63) is 36.4 Å². The highest BCUT2D eigenvalue weighted by molar-refractivity contribution is 6.01. The number of benzene rings is 1. The number of rotatable bonds is 2. The van der Waals surface area contributed by atoms with Gasteiger partial charge in [0.2, 0.25) is 5.91 Å². The monoisotopic (exact) mass is 217 g/mol. The van der Waals surface area contributed by atoms with Gasteiger partial charge in [0.1, 0.15) is 5.75 Å². The number of carbonyl (C=O) groups excluding carboxylic acids is 1. The molecular formula is C13H15NO2. The number of aryl methyl sites for hydroxylation is 1. The first-order chi connectivity index (χ1) is 7.76. The fourth-order valence-electron chi connectivity index (χ4n) is 2.04. The summed E-state index contributed by atoms with van der Waals surface area (Å²) in [6, 6.07) is 5.82. The maximum Gasteiger partial charge on any atom is 0.250 e. The second-order valence-electron chi connectivity index (χ2n) is 3.79. The molecule has 0 saturated heterocycles. The molecule has 2 rings (SSSR count). The maximum absolute atomic E-state index is 11.7. The average molecular weight is 217 g/mol. The highest BCUT2D eigenvalue weighted by atomic mass is 16.5. The normalized spacial score (nSPS) is 14.2. The van der Waals surface area contributed by atoms with Crippen LogP contribution in [0, 0.1) is 0 Å². The zero-order chi connectivity index (χ0) is 11.5. The largest absolute Gasteiger partial charge is 0.497 e. The number of hydrogen-bond acceptors (Lipinski definition) is 2. The molecule has 0 radical (unpaired) electrons. The molecule has 1 aliphatic rings. The van der Waals surface area contributed by atoms with Crippen LogP contribution in [-0.4, -0.2) is 19.6 Å². The number of hydrogen-bond donors (Lipinski definition) is 0. The molecule has 0 unspecified atom stereocenters. The van der Waals surface area contributed by atoms with E-state index in [1.54, 1.807) is 12.0 Å². The Bertz CT molecular complexity index is 426. The molecule has 1 aromatic carbocycles. The fraction of sp³-hybridized carbons (Fsp3) is 0.308. The number of ether oxygens (including phenoxy) is 1. The van der Waals surface area contributed by atoms with Crippen LogP contribution >= 0.6 is 0 Å². The van der Waals surface area contributed by atoms with Crippen molar-refractivity contribution in [3.8, 4) is 5.75 Å². The van der Waals surface area contributed by atoms with Gasteiger partial charge in [0.05, 0.1) is 7.11 Å². The van der Waals surface area contributed by atoms with Crippen molar-refractivity contribution in [2.45, 2.75) is 12.8 Å². The summed E-state index contributed by atoms with van der Waals surface area (Å²) in [6.45, 7) is 4.29. The highest BCUT2D eigenvalue weighted by Gasteiger charge is 2.20. The maximum atomic E-state index is 11.7. The first-order valence-electron chi connectivity index (χ1n) is 5.37. The van der Waals surface area contributed by atoms with Crippen molar-refractivity contribution < 1.29 is 9.53 Å². The van der Waals surface area contributed by atoms with Crippen LogP contribution < -0.4 is 9.64 Å².